The minimum absolute atomic E-state index is 0.509. The topological polar surface area (TPSA) is 24.9 Å². The van der Waals surface area contributed by atoms with Gasteiger partial charge in [-0.15, -0.1) is 0 Å². The number of nitrogens with zero attached hydrogens (tertiary/aromatic N) is 1. The zero-order chi connectivity index (χ0) is 10.8. The summed E-state index contributed by atoms with van der Waals surface area (Å²) in [6, 6.07) is 2.52. The molecule has 1 aliphatic heterocycles. The Kier molecular flexibility index (Phi) is 3.80. The van der Waals surface area contributed by atoms with Gasteiger partial charge in [0.2, 0.25) is 0 Å². The number of rotatable bonds is 2. The third-order valence-corrected chi connectivity index (χ3v) is 4.98. The molecule has 1 aromatic rings. The molecule has 0 bridgehead atoms. The highest BCUT2D eigenvalue weighted by molar-refractivity contribution is 9.10. The first-order valence-corrected chi connectivity index (χ1v) is 7.08. The van der Waals surface area contributed by atoms with Crippen molar-refractivity contribution in [1.82, 2.24) is 4.98 Å². The quantitative estimate of drug-likeness (QED) is 0.841. The molecule has 0 spiro atoms. The summed E-state index contributed by atoms with van der Waals surface area (Å²) in [6.07, 6.45) is 2.99. The zero-order valence-corrected chi connectivity index (χ0v) is 11.5. The molecule has 1 fully saturated rings. The van der Waals surface area contributed by atoms with Gasteiger partial charge in [-0.2, -0.15) is 11.8 Å². The summed E-state index contributed by atoms with van der Waals surface area (Å²) in [4.78, 5) is 4.10. The number of pyridine rings is 1. The summed E-state index contributed by atoms with van der Waals surface area (Å²) < 4.78 is 0.840. The lowest BCUT2D eigenvalue weighted by Crippen LogP contribution is -2.24. The molecule has 0 radical (unpaired) electrons. The molecule has 1 N–H and O–H groups in total. The highest BCUT2D eigenvalue weighted by Gasteiger charge is 2.23. The summed E-state index contributed by atoms with van der Waals surface area (Å²) in [5.74, 6) is 1.24. The number of aromatic nitrogens is 1. The van der Waals surface area contributed by atoms with E-state index in [0.717, 1.165) is 10.2 Å². The lowest BCUT2D eigenvalue weighted by atomic mass is 10.1. The number of anilines is 1. The number of halogens is 2. The number of hydrogen-bond acceptors (Lipinski definition) is 3. The Morgan fingerprint density at radius 2 is 2.47 bits per heavy atom. The Bertz CT molecular complexity index is 361. The van der Waals surface area contributed by atoms with Gasteiger partial charge in [-0.25, -0.2) is 4.98 Å². The molecule has 5 heteroatoms. The summed E-state index contributed by atoms with van der Waals surface area (Å²) in [6.45, 7) is 2.26. The Hall–Kier alpha value is 0.0700. The number of hydrogen-bond donors (Lipinski definition) is 1. The van der Waals surface area contributed by atoms with Crippen LogP contribution in [0.4, 0.5) is 5.69 Å². The van der Waals surface area contributed by atoms with Crippen molar-refractivity contribution in [3.8, 4) is 0 Å². The van der Waals surface area contributed by atoms with Gasteiger partial charge in [0.1, 0.15) is 5.15 Å². The zero-order valence-electron chi connectivity index (χ0n) is 8.34. The smallest absolute Gasteiger partial charge is 0.143 e. The summed E-state index contributed by atoms with van der Waals surface area (Å²) in [7, 11) is 0. The second kappa shape index (κ2) is 4.93. The third-order valence-electron chi connectivity index (χ3n) is 2.52. The van der Waals surface area contributed by atoms with Gasteiger partial charge in [-0.1, -0.05) is 18.5 Å². The van der Waals surface area contributed by atoms with E-state index in [-0.39, 0.29) is 0 Å². The van der Waals surface area contributed by atoms with E-state index in [0.29, 0.717) is 16.4 Å². The first kappa shape index (κ1) is 11.6. The molecular weight excluding hydrogens is 296 g/mol. The molecule has 2 unspecified atom stereocenters. The fraction of sp³-hybridized carbons (Fsp3) is 0.500. The fourth-order valence-corrected chi connectivity index (χ4v) is 3.29. The van der Waals surface area contributed by atoms with Crippen molar-refractivity contribution in [3.63, 3.8) is 0 Å². The van der Waals surface area contributed by atoms with Crippen LogP contribution in [0.2, 0.25) is 5.15 Å². The average Bonchev–Trinajstić information content (AvgIpc) is 2.59. The minimum atomic E-state index is 0.509. The highest BCUT2D eigenvalue weighted by Crippen LogP contribution is 2.30. The molecular formula is C10H12BrClN2S. The monoisotopic (exact) mass is 306 g/mol. The van der Waals surface area contributed by atoms with Gasteiger partial charge >= 0.3 is 0 Å². The Morgan fingerprint density at radius 1 is 1.67 bits per heavy atom. The molecule has 2 heterocycles. The van der Waals surface area contributed by atoms with E-state index in [1.54, 1.807) is 6.20 Å². The van der Waals surface area contributed by atoms with Gasteiger partial charge < -0.3 is 5.32 Å². The molecule has 1 aliphatic rings. The highest BCUT2D eigenvalue weighted by atomic mass is 79.9. The van der Waals surface area contributed by atoms with Gasteiger partial charge in [-0.05, 0) is 34.2 Å². The Balaban J connectivity index is 2.07. The molecule has 1 aromatic heterocycles. The molecule has 82 valence electrons. The first-order valence-electron chi connectivity index (χ1n) is 4.86. The summed E-state index contributed by atoms with van der Waals surface area (Å²) >= 11 is 11.2. The maximum absolute atomic E-state index is 5.84. The second-order valence-electron chi connectivity index (χ2n) is 3.61. The van der Waals surface area contributed by atoms with Crippen LogP contribution in [0.5, 0.6) is 0 Å². The maximum Gasteiger partial charge on any atom is 0.143 e. The minimum Gasteiger partial charge on any atom is -0.380 e. The van der Waals surface area contributed by atoms with E-state index < -0.39 is 0 Å². The lowest BCUT2D eigenvalue weighted by molar-refractivity contribution is 0.723. The predicted molar refractivity (Wildman–Crippen MR) is 70.9 cm³/mol. The number of thioether (sulfide) groups is 1. The van der Waals surface area contributed by atoms with E-state index in [4.69, 9.17) is 11.6 Å². The van der Waals surface area contributed by atoms with Gasteiger partial charge in [0.15, 0.2) is 0 Å². The van der Waals surface area contributed by atoms with Crippen LogP contribution in [0.1, 0.15) is 13.3 Å². The third kappa shape index (κ3) is 2.80. The van der Waals surface area contributed by atoms with Crippen LogP contribution in [0, 0.1) is 0 Å². The summed E-state index contributed by atoms with van der Waals surface area (Å²) in [5, 5.41) is 4.66. The van der Waals surface area contributed by atoms with E-state index in [2.05, 4.69) is 33.2 Å². The molecule has 2 atom stereocenters. The van der Waals surface area contributed by atoms with E-state index in [9.17, 15) is 0 Å². The second-order valence-corrected chi connectivity index (χ2v) is 6.31. The van der Waals surface area contributed by atoms with Crippen molar-refractivity contribution in [2.75, 3.05) is 11.1 Å². The molecule has 0 aromatic carbocycles. The molecule has 2 nitrogen and oxygen atoms in total. The Morgan fingerprint density at radius 3 is 3.07 bits per heavy atom. The average molecular weight is 308 g/mol. The van der Waals surface area contributed by atoms with Crippen molar-refractivity contribution in [2.24, 2.45) is 0 Å². The van der Waals surface area contributed by atoms with Crippen molar-refractivity contribution >= 4 is 45.0 Å². The van der Waals surface area contributed by atoms with E-state index in [1.807, 2.05) is 17.8 Å². The predicted octanol–water partition coefficient (Wildman–Crippen LogP) is 3.80. The van der Waals surface area contributed by atoms with E-state index >= 15 is 0 Å². The molecule has 15 heavy (non-hydrogen) atoms. The fourth-order valence-electron chi connectivity index (χ4n) is 1.64. The van der Waals surface area contributed by atoms with Crippen LogP contribution in [0.3, 0.4) is 0 Å². The molecule has 0 amide bonds. The van der Waals surface area contributed by atoms with E-state index in [1.165, 1.54) is 12.2 Å². The van der Waals surface area contributed by atoms with Crippen LogP contribution in [0.15, 0.2) is 16.7 Å². The summed E-state index contributed by atoms with van der Waals surface area (Å²) in [5.41, 5.74) is 1.03. The molecule has 0 aliphatic carbocycles. The molecule has 1 saturated heterocycles. The van der Waals surface area contributed by atoms with Crippen LogP contribution >= 0.6 is 39.3 Å². The van der Waals surface area contributed by atoms with Crippen molar-refractivity contribution in [3.05, 3.63) is 21.9 Å². The van der Waals surface area contributed by atoms with Crippen molar-refractivity contribution < 1.29 is 0 Å². The Labute approximate surface area is 107 Å². The normalized spacial score (nSPS) is 25.5. The van der Waals surface area contributed by atoms with Crippen molar-refractivity contribution in [1.29, 1.82) is 0 Å². The number of nitrogens with one attached hydrogen (secondary N) is 1. The van der Waals surface area contributed by atoms with Crippen molar-refractivity contribution in [2.45, 2.75) is 24.6 Å². The first-order chi connectivity index (χ1) is 7.16. The molecule has 0 saturated carbocycles. The largest absolute Gasteiger partial charge is 0.380 e. The standard InChI is InChI=1S/C10H12BrClN2S/c1-6-9(2-3-15-6)14-7-4-8(11)10(12)13-5-7/h4-6,9,14H,2-3H2,1H3. The van der Waals surface area contributed by atoms with Crippen LogP contribution < -0.4 is 5.32 Å². The van der Waals surface area contributed by atoms with Gasteiger partial charge in [0.25, 0.3) is 0 Å². The maximum atomic E-state index is 5.84. The van der Waals surface area contributed by atoms with Crippen LogP contribution in [-0.2, 0) is 0 Å². The van der Waals surface area contributed by atoms with Crippen LogP contribution in [0.25, 0.3) is 0 Å². The SMILES string of the molecule is CC1SCCC1Nc1cnc(Cl)c(Br)c1. The lowest BCUT2D eigenvalue weighted by Gasteiger charge is -2.17. The van der Waals surface area contributed by atoms with Crippen LogP contribution in [-0.4, -0.2) is 22.0 Å². The van der Waals surface area contributed by atoms with Gasteiger partial charge in [0.05, 0.1) is 16.4 Å². The van der Waals surface area contributed by atoms with Gasteiger partial charge in [-0.3, -0.25) is 0 Å². The van der Waals surface area contributed by atoms with Gasteiger partial charge in [0, 0.05) is 11.3 Å². The molecule has 2 rings (SSSR count).